The van der Waals surface area contributed by atoms with Crippen LogP contribution in [0.4, 0.5) is 4.79 Å². The van der Waals surface area contributed by atoms with Gasteiger partial charge in [-0.1, -0.05) is 28.1 Å². The van der Waals surface area contributed by atoms with E-state index in [-0.39, 0.29) is 12.1 Å². The molecule has 0 saturated carbocycles. The lowest BCUT2D eigenvalue weighted by molar-refractivity contribution is 0.0178. The first kappa shape index (κ1) is 17.3. The van der Waals surface area contributed by atoms with Gasteiger partial charge in [0.25, 0.3) is 0 Å². The number of aliphatic hydroxyl groups is 1. The summed E-state index contributed by atoms with van der Waals surface area (Å²) < 4.78 is 6.40. The molecule has 2 unspecified atom stereocenters. The van der Waals surface area contributed by atoms with Crippen molar-refractivity contribution in [3.05, 3.63) is 34.3 Å². The van der Waals surface area contributed by atoms with E-state index in [1.165, 1.54) is 0 Å². The van der Waals surface area contributed by atoms with Gasteiger partial charge in [-0.25, -0.2) is 4.79 Å². The van der Waals surface area contributed by atoms with Gasteiger partial charge in [-0.05, 0) is 57.7 Å². The Hall–Kier alpha value is -1.07. The van der Waals surface area contributed by atoms with E-state index in [0.717, 1.165) is 22.9 Å². The fourth-order valence-corrected chi connectivity index (χ4v) is 3.17. The maximum Gasteiger partial charge on any atom is 0.410 e. The van der Waals surface area contributed by atoms with Crippen LogP contribution in [-0.4, -0.2) is 34.3 Å². The summed E-state index contributed by atoms with van der Waals surface area (Å²) in [6, 6.07) is 7.69. The Labute approximate surface area is 140 Å². The van der Waals surface area contributed by atoms with Gasteiger partial charge in [0, 0.05) is 17.1 Å². The number of rotatable bonds is 3. The van der Waals surface area contributed by atoms with Gasteiger partial charge in [0.1, 0.15) is 5.60 Å². The molecule has 0 bridgehead atoms. The number of likely N-dealkylation sites (tertiary alicyclic amines) is 1. The Balaban J connectivity index is 2.00. The van der Waals surface area contributed by atoms with E-state index in [0.29, 0.717) is 13.0 Å². The fraction of sp³-hybridized carbons (Fsp3) is 0.588. The number of amides is 1. The van der Waals surface area contributed by atoms with Crippen molar-refractivity contribution in [2.24, 2.45) is 0 Å². The van der Waals surface area contributed by atoms with Gasteiger partial charge in [0.05, 0.1) is 6.10 Å². The van der Waals surface area contributed by atoms with Crippen LogP contribution in [0.15, 0.2) is 28.7 Å². The highest BCUT2D eigenvalue weighted by molar-refractivity contribution is 9.10. The average molecular weight is 370 g/mol. The van der Waals surface area contributed by atoms with Crippen molar-refractivity contribution in [2.45, 2.75) is 57.8 Å². The maximum atomic E-state index is 12.3. The van der Waals surface area contributed by atoms with Crippen LogP contribution in [0.25, 0.3) is 0 Å². The topological polar surface area (TPSA) is 49.8 Å². The van der Waals surface area contributed by atoms with E-state index in [1.807, 2.05) is 45.0 Å². The molecule has 1 N–H and O–H groups in total. The lowest BCUT2D eigenvalue weighted by atomic mass is 10.0. The zero-order valence-electron chi connectivity index (χ0n) is 13.4. The molecule has 1 saturated heterocycles. The van der Waals surface area contributed by atoms with Crippen molar-refractivity contribution < 1.29 is 14.6 Å². The summed E-state index contributed by atoms with van der Waals surface area (Å²) in [6.45, 7) is 6.30. The zero-order chi connectivity index (χ0) is 16.3. The van der Waals surface area contributed by atoms with Crippen LogP contribution < -0.4 is 0 Å². The number of ether oxygens (including phenoxy) is 1. The van der Waals surface area contributed by atoms with E-state index in [4.69, 9.17) is 4.74 Å². The van der Waals surface area contributed by atoms with Gasteiger partial charge < -0.3 is 14.7 Å². The van der Waals surface area contributed by atoms with Gasteiger partial charge in [0.15, 0.2) is 0 Å². The Kier molecular flexibility index (Phi) is 5.50. The minimum atomic E-state index is -0.578. The van der Waals surface area contributed by atoms with Crippen molar-refractivity contribution in [1.29, 1.82) is 0 Å². The minimum absolute atomic E-state index is 0.0313. The first-order valence-corrected chi connectivity index (χ1v) is 8.49. The van der Waals surface area contributed by atoms with Crippen LogP contribution in [0.2, 0.25) is 0 Å². The molecule has 1 fully saturated rings. The summed E-state index contributed by atoms with van der Waals surface area (Å²) in [5.74, 6) is 0. The highest BCUT2D eigenvalue weighted by Crippen LogP contribution is 2.29. The lowest BCUT2D eigenvalue weighted by Crippen LogP contribution is -2.40. The number of carbonyl (C=O) groups is 1. The van der Waals surface area contributed by atoms with Crippen LogP contribution >= 0.6 is 15.9 Å². The molecular formula is C17H24BrNO3. The second kappa shape index (κ2) is 7.01. The Morgan fingerprint density at radius 2 is 2.23 bits per heavy atom. The second-order valence-electron chi connectivity index (χ2n) is 6.78. The van der Waals surface area contributed by atoms with Crippen molar-refractivity contribution in [2.75, 3.05) is 6.54 Å². The molecule has 1 aromatic rings. The molecule has 1 aromatic carbocycles. The molecule has 1 heterocycles. The molecule has 1 aliphatic rings. The summed E-state index contributed by atoms with van der Waals surface area (Å²) in [6.07, 6.45) is 1.54. The van der Waals surface area contributed by atoms with Crippen LogP contribution in [0.3, 0.4) is 0 Å². The number of aliphatic hydroxyl groups excluding tert-OH is 1. The summed E-state index contributed by atoms with van der Waals surface area (Å²) >= 11 is 3.42. The monoisotopic (exact) mass is 369 g/mol. The first-order valence-electron chi connectivity index (χ1n) is 7.69. The Morgan fingerprint density at radius 3 is 2.86 bits per heavy atom. The lowest BCUT2D eigenvalue weighted by Gasteiger charge is -2.29. The standard InChI is InChI=1S/C17H24BrNO3/c1-17(2,3)22-16(21)19-9-5-8-14(19)11-15(20)12-6-4-7-13(18)10-12/h4,6-7,10,14-15,20H,5,8-9,11H2,1-3H3. The number of nitrogens with zero attached hydrogens (tertiary/aromatic N) is 1. The molecule has 0 radical (unpaired) electrons. The van der Waals surface area contributed by atoms with Crippen LogP contribution in [0.5, 0.6) is 0 Å². The molecule has 122 valence electrons. The molecule has 1 amide bonds. The third-order valence-electron chi connectivity index (χ3n) is 3.73. The second-order valence-corrected chi connectivity index (χ2v) is 7.69. The number of hydrogen-bond acceptors (Lipinski definition) is 3. The molecule has 0 aliphatic carbocycles. The van der Waals surface area contributed by atoms with Gasteiger partial charge >= 0.3 is 6.09 Å². The Bertz CT molecular complexity index is 527. The van der Waals surface area contributed by atoms with Crippen molar-refractivity contribution in [3.63, 3.8) is 0 Å². The molecule has 0 aromatic heterocycles. The number of hydrogen-bond donors (Lipinski definition) is 1. The van der Waals surface area contributed by atoms with E-state index >= 15 is 0 Å². The SMILES string of the molecule is CC(C)(C)OC(=O)N1CCCC1CC(O)c1cccc(Br)c1. The van der Waals surface area contributed by atoms with E-state index in [1.54, 1.807) is 4.90 Å². The summed E-state index contributed by atoms with van der Waals surface area (Å²) in [5.41, 5.74) is 0.373. The maximum absolute atomic E-state index is 12.3. The molecule has 0 spiro atoms. The van der Waals surface area contributed by atoms with E-state index in [9.17, 15) is 9.90 Å². The number of halogens is 1. The molecule has 2 atom stereocenters. The van der Waals surface area contributed by atoms with Crippen molar-refractivity contribution in [1.82, 2.24) is 4.90 Å². The van der Waals surface area contributed by atoms with Crippen LogP contribution in [0.1, 0.15) is 51.7 Å². The molecule has 22 heavy (non-hydrogen) atoms. The summed E-state index contributed by atoms with van der Waals surface area (Å²) in [7, 11) is 0. The fourth-order valence-electron chi connectivity index (χ4n) is 2.75. The largest absolute Gasteiger partial charge is 0.444 e. The normalized spacial score (nSPS) is 20.0. The summed E-state index contributed by atoms with van der Waals surface area (Å²) in [4.78, 5) is 14.0. The first-order chi connectivity index (χ1) is 10.3. The molecular weight excluding hydrogens is 346 g/mol. The molecule has 4 nitrogen and oxygen atoms in total. The molecule has 5 heteroatoms. The molecule has 1 aliphatic heterocycles. The highest BCUT2D eigenvalue weighted by Gasteiger charge is 2.33. The van der Waals surface area contributed by atoms with Gasteiger partial charge in [-0.15, -0.1) is 0 Å². The predicted octanol–water partition coefficient (Wildman–Crippen LogP) is 4.27. The smallest absolute Gasteiger partial charge is 0.410 e. The van der Waals surface area contributed by atoms with Crippen molar-refractivity contribution in [3.8, 4) is 0 Å². The molecule has 2 rings (SSSR count). The summed E-state index contributed by atoms with van der Waals surface area (Å²) in [5, 5.41) is 10.4. The predicted molar refractivity (Wildman–Crippen MR) is 89.7 cm³/mol. The quantitative estimate of drug-likeness (QED) is 0.865. The number of carbonyl (C=O) groups excluding carboxylic acids is 1. The van der Waals surface area contributed by atoms with Crippen LogP contribution in [0, 0.1) is 0 Å². The third kappa shape index (κ3) is 4.71. The van der Waals surface area contributed by atoms with Gasteiger partial charge in [-0.3, -0.25) is 0 Å². The zero-order valence-corrected chi connectivity index (χ0v) is 15.0. The van der Waals surface area contributed by atoms with Crippen molar-refractivity contribution >= 4 is 22.0 Å². The van der Waals surface area contributed by atoms with Crippen LogP contribution in [-0.2, 0) is 4.74 Å². The van der Waals surface area contributed by atoms with Gasteiger partial charge in [0.2, 0.25) is 0 Å². The van der Waals surface area contributed by atoms with E-state index in [2.05, 4.69) is 15.9 Å². The van der Waals surface area contributed by atoms with Gasteiger partial charge in [-0.2, -0.15) is 0 Å². The number of benzene rings is 1. The average Bonchev–Trinajstić information content (AvgIpc) is 2.85. The Morgan fingerprint density at radius 1 is 1.50 bits per heavy atom. The van der Waals surface area contributed by atoms with E-state index < -0.39 is 11.7 Å². The highest BCUT2D eigenvalue weighted by atomic mass is 79.9. The minimum Gasteiger partial charge on any atom is -0.444 e. The third-order valence-corrected chi connectivity index (χ3v) is 4.23.